The van der Waals surface area contributed by atoms with Crippen LogP contribution >= 0.6 is 0 Å². The monoisotopic (exact) mass is 284 g/mol. The molecule has 0 spiro atoms. The number of hydrogen-bond acceptors (Lipinski definition) is 2. The fraction of sp³-hybridized carbons (Fsp3) is 0.0588. The van der Waals surface area contributed by atoms with Gasteiger partial charge in [-0.15, -0.1) is 0 Å². The Balaban J connectivity index is 0.00000132. The molecule has 1 aliphatic rings. The van der Waals surface area contributed by atoms with Gasteiger partial charge < -0.3 is 5.11 Å². The number of rotatable bonds is 1. The van der Waals surface area contributed by atoms with Crippen molar-refractivity contribution >= 4 is 16.9 Å². The summed E-state index contributed by atoms with van der Waals surface area (Å²) in [5, 5.41) is 10.3. The number of nitrogens with zero attached hydrogens (tertiary/aromatic N) is 1. The molecule has 0 atom stereocenters. The third-order valence-electron chi connectivity index (χ3n) is 3.83. The summed E-state index contributed by atoms with van der Waals surface area (Å²) in [4.78, 5) is 16.4. The molecule has 3 aromatic rings. The second-order valence-electron chi connectivity index (χ2n) is 4.96. The molecule has 4 heteroatoms. The number of fused-ring (bicyclic) bond motifs is 4. The van der Waals surface area contributed by atoms with E-state index in [2.05, 4.69) is 4.98 Å². The molecule has 1 aliphatic carbocycles. The summed E-state index contributed by atoms with van der Waals surface area (Å²) in [5.74, 6) is -0.892. The van der Waals surface area contributed by atoms with E-state index in [0.29, 0.717) is 17.4 Å². The van der Waals surface area contributed by atoms with E-state index in [-0.39, 0.29) is 29.6 Å². The van der Waals surface area contributed by atoms with Crippen LogP contribution in [0.2, 0.25) is 0 Å². The van der Waals surface area contributed by atoms with Crippen molar-refractivity contribution in [3.63, 3.8) is 0 Å². The summed E-state index contributed by atoms with van der Waals surface area (Å²) in [6.07, 6.45) is 0.705. The van der Waals surface area contributed by atoms with Gasteiger partial charge >= 0.3 is 35.5 Å². The molecule has 0 aliphatic heterocycles. The molecule has 4 rings (SSSR count). The minimum absolute atomic E-state index is 0. The quantitative estimate of drug-likeness (QED) is 0.518. The number of aromatic carboxylic acids is 1. The number of aromatic nitrogens is 1. The van der Waals surface area contributed by atoms with Crippen LogP contribution in [0.5, 0.6) is 0 Å². The molecule has 0 radical (unpaired) electrons. The summed E-state index contributed by atoms with van der Waals surface area (Å²) in [7, 11) is 0. The maximum absolute atomic E-state index is 11.8. The Morgan fingerprint density at radius 2 is 1.76 bits per heavy atom. The smallest absolute Gasteiger partial charge is 0.478 e. The van der Waals surface area contributed by atoms with Gasteiger partial charge in [0.15, 0.2) is 0 Å². The van der Waals surface area contributed by atoms with Crippen LogP contribution < -0.4 is 29.6 Å². The first kappa shape index (κ1) is 14.3. The Kier molecular flexibility index (Phi) is 3.57. The van der Waals surface area contributed by atoms with Crippen LogP contribution in [0.25, 0.3) is 22.0 Å². The third kappa shape index (κ3) is 2.09. The van der Waals surface area contributed by atoms with Gasteiger partial charge in [-0.25, -0.2) is 4.79 Å². The van der Waals surface area contributed by atoms with Crippen LogP contribution in [0.15, 0.2) is 48.5 Å². The molecule has 0 unspecified atom stereocenters. The molecule has 21 heavy (non-hydrogen) atoms. The fourth-order valence-electron chi connectivity index (χ4n) is 3.00. The van der Waals surface area contributed by atoms with E-state index in [1.54, 1.807) is 0 Å². The second kappa shape index (κ2) is 5.26. The van der Waals surface area contributed by atoms with Crippen molar-refractivity contribution in [1.29, 1.82) is 0 Å². The van der Waals surface area contributed by atoms with E-state index in [1.165, 1.54) is 0 Å². The first-order valence-electron chi connectivity index (χ1n) is 6.49. The normalized spacial score (nSPS) is 11.6. The van der Waals surface area contributed by atoms with Crippen molar-refractivity contribution in [2.45, 2.75) is 6.42 Å². The van der Waals surface area contributed by atoms with Crippen molar-refractivity contribution < 1.29 is 39.5 Å². The Morgan fingerprint density at radius 3 is 2.57 bits per heavy atom. The largest absolute Gasteiger partial charge is 1.00 e. The molecule has 0 saturated heterocycles. The Hall–Kier alpha value is -1.68. The molecule has 0 saturated carbocycles. The van der Waals surface area contributed by atoms with Gasteiger partial charge in [-0.1, -0.05) is 42.5 Å². The average Bonchev–Trinajstić information content (AvgIpc) is 2.82. The third-order valence-corrected chi connectivity index (χ3v) is 3.83. The standard InChI is InChI=1S/C17H11NO2.Na/c19-17(20)16-12-7-3-4-8-13(12)18-14-9-10-5-1-2-6-11(10)15(14)16;/h1-8H,9H2,(H,19,20);/q;+1. The molecule has 0 amide bonds. The van der Waals surface area contributed by atoms with Gasteiger partial charge in [0.25, 0.3) is 0 Å². The summed E-state index contributed by atoms with van der Waals surface area (Å²) in [6.45, 7) is 0. The number of para-hydroxylation sites is 1. The Bertz CT molecular complexity index is 874. The zero-order valence-electron chi connectivity index (χ0n) is 11.6. The predicted octanol–water partition coefficient (Wildman–Crippen LogP) is 0.508. The van der Waals surface area contributed by atoms with E-state index in [1.807, 2.05) is 48.5 Å². The van der Waals surface area contributed by atoms with Gasteiger partial charge in [-0.2, -0.15) is 0 Å². The first-order valence-corrected chi connectivity index (χ1v) is 6.49. The summed E-state index contributed by atoms with van der Waals surface area (Å²) < 4.78 is 0. The molecule has 0 fully saturated rings. The number of pyridine rings is 1. The molecular formula is C17H11NNaO2+. The molecule has 1 heterocycles. The van der Waals surface area contributed by atoms with E-state index < -0.39 is 5.97 Å². The number of carbonyl (C=O) groups is 1. The zero-order chi connectivity index (χ0) is 13.7. The van der Waals surface area contributed by atoms with Gasteiger partial charge in [-0.3, -0.25) is 4.98 Å². The van der Waals surface area contributed by atoms with Crippen LogP contribution in [-0.4, -0.2) is 16.1 Å². The topological polar surface area (TPSA) is 50.2 Å². The van der Waals surface area contributed by atoms with Gasteiger partial charge in [0.1, 0.15) is 0 Å². The van der Waals surface area contributed by atoms with Crippen molar-refractivity contribution in [2.24, 2.45) is 0 Å². The summed E-state index contributed by atoms with van der Waals surface area (Å²) in [5.41, 5.74) is 4.91. The van der Waals surface area contributed by atoms with Crippen LogP contribution in [0.4, 0.5) is 0 Å². The zero-order valence-corrected chi connectivity index (χ0v) is 13.6. The van der Waals surface area contributed by atoms with Crippen molar-refractivity contribution in [3.8, 4) is 11.1 Å². The van der Waals surface area contributed by atoms with E-state index in [0.717, 1.165) is 27.9 Å². The number of benzene rings is 2. The predicted molar refractivity (Wildman–Crippen MR) is 76.9 cm³/mol. The average molecular weight is 284 g/mol. The number of carboxylic acids is 1. The van der Waals surface area contributed by atoms with Gasteiger partial charge in [-0.05, 0) is 17.2 Å². The minimum atomic E-state index is -0.892. The maximum atomic E-state index is 11.8. The molecule has 2 aromatic carbocycles. The second-order valence-corrected chi connectivity index (χ2v) is 4.96. The fourth-order valence-corrected chi connectivity index (χ4v) is 3.00. The number of carboxylic acid groups (broad SMARTS) is 1. The molecular weight excluding hydrogens is 273 g/mol. The molecule has 3 nitrogen and oxygen atoms in total. The Morgan fingerprint density at radius 1 is 1.05 bits per heavy atom. The SMILES string of the molecule is O=C(O)c1c2c(nc3ccccc13)Cc1ccccc1-2.[Na+]. The van der Waals surface area contributed by atoms with Crippen LogP contribution in [-0.2, 0) is 6.42 Å². The van der Waals surface area contributed by atoms with Gasteiger partial charge in [0.2, 0.25) is 0 Å². The molecule has 1 aromatic heterocycles. The Labute approximate surface area is 143 Å². The van der Waals surface area contributed by atoms with Crippen LogP contribution in [0.1, 0.15) is 21.6 Å². The van der Waals surface area contributed by atoms with Crippen LogP contribution in [0, 0.1) is 0 Å². The first-order chi connectivity index (χ1) is 9.75. The van der Waals surface area contributed by atoms with E-state index in [4.69, 9.17) is 0 Å². The molecule has 0 bridgehead atoms. The van der Waals surface area contributed by atoms with Crippen LogP contribution in [0.3, 0.4) is 0 Å². The maximum Gasteiger partial charge on any atom is 1.00 e. The minimum Gasteiger partial charge on any atom is -0.478 e. The van der Waals surface area contributed by atoms with Crippen molar-refractivity contribution in [1.82, 2.24) is 4.98 Å². The molecule has 1 N–H and O–H groups in total. The molecule has 96 valence electrons. The summed E-state index contributed by atoms with van der Waals surface area (Å²) in [6, 6.07) is 15.4. The van der Waals surface area contributed by atoms with E-state index in [9.17, 15) is 9.90 Å². The van der Waals surface area contributed by atoms with Gasteiger partial charge in [0.05, 0.1) is 16.8 Å². The van der Waals surface area contributed by atoms with E-state index >= 15 is 0 Å². The van der Waals surface area contributed by atoms with Gasteiger partial charge in [0, 0.05) is 17.4 Å². The number of hydrogen-bond donors (Lipinski definition) is 1. The summed E-state index contributed by atoms with van der Waals surface area (Å²) >= 11 is 0. The van der Waals surface area contributed by atoms with Crippen molar-refractivity contribution in [3.05, 3.63) is 65.4 Å². The van der Waals surface area contributed by atoms with Crippen molar-refractivity contribution in [2.75, 3.05) is 0 Å².